The van der Waals surface area contributed by atoms with Gasteiger partial charge in [-0.1, -0.05) is 50.8 Å². The van der Waals surface area contributed by atoms with Crippen LogP contribution < -0.4 is 5.32 Å². The first kappa shape index (κ1) is 14.5. The maximum Gasteiger partial charge on any atom is 0.0303 e. The van der Waals surface area contributed by atoms with E-state index in [-0.39, 0.29) is 0 Å². The molecule has 0 atom stereocenters. The number of allylic oxidation sites excluding steroid dienone is 6. The van der Waals surface area contributed by atoms with Crippen molar-refractivity contribution in [2.45, 2.75) is 27.2 Å². The molecule has 0 aliphatic heterocycles. The van der Waals surface area contributed by atoms with Gasteiger partial charge in [0, 0.05) is 11.9 Å². The minimum Gasteiger partial charge on any atom is -0.362 e. The first-order valence-corrected chi connectivity index (χ1v) is 5.63. The second-order valence-corrected chi connectivity index (χ2v) is 4.27. The van der Waals surface area contributed by atoms with Crippen molar-refractivity contribution in [3.63, 3.8) is 0 Å². The van der Waals surface area contributed by atoms with E-state index in [1.807, 2.05) is 37.4 Å². The van der Waals surface area contributed by atoms with Gasteiger partial charge in [0.1, 0.15) is 0 Å². The third kappa shape index (κ3) is 10.6. The van der Waals surface area contributed by atoms with E-state index < -0.39 is 0 Å². The predicted octanol–water partition coefficient (Wildman–Crippen LogP) is 4.34. The van der Waals surface area contributed by atoms with Gasteiger partial charge in [0.05, 0.1) is 0 Å². The number of nitrogens with one attached hydrogen (secondary N) is 1. The van der Waals surface area contributed by atoms with Crippen molar-refractivity contribution < 1.29 is 0 Å². The summed E-state index contributed by atoms with van der Waals surface area (Å²) < 4.78 is 0. The third-order valence-electron chi connectivity index (χ3n) is 1.78. The highest BCUT2D eigenvalue weighted by Gasteiger charge is 1.87. The van der Waals surface area contributed by atoms with Crippen LogP contribution in [0, 0.1) is 5.92 Å². The Morgan fingerprint density at radius 2 is 1.88 bits per heavy atom. The van der Waals surface area contributed by atoms with Crippen LogP contribution in [0.1, 0.15) is 27.2 Å². The molecule has 1 N–H and O–H groups in total. The molecule has 1 heteroatoms. The van der Waals surface area contributed by atoms with Crippen LogP contribution in [0.3, 0.4) is 0 Å². The van der Waals surface area contributed by atoms with E-state index in [9.17, 15) is 0 Å². The standard InChI is InChI=1S/C15H23N/c1-13(2)9-6-7-12-16-15(5)11-8-10-14(3)4/h6-9,11-12,14,16H,1,5,10H2,2-4H3/b9-6-,11-8-,12-7+. The second-order valence-electron chi connectivity index (χ2n) is 4.27. The molecule has 0 aromatic carbocycles. The van der Waals surface area contributed by atoms with Crippen molar-refractivity contribution in [2.24, 2.45) is 5.92 Å². The predicted molar refractivity (Wildman–Crippen MR) is 74.0 cm³/mol. The Labute approximate surface area is 100.0 Å². The van der Waals surface area contributed by atoms with Crippen LogP contribution in [0.4, 0.5) is 0 Å². The topological polar surface area (TPSA) is 12.0 Å². The minimum absolute atomic E-state index is 0.693. The molecule has 16 heavy (non-hydrogen) atoms. The molecule has 0 bridgehead atoms. The number of rotatable bonds is 7. The second kappa shape index (κ2) is 8.78. The van der Waals surface area contributed by atoms with Gasteiger partial charge in [0.25, 0.3) is 0 Å². The fourth-order valence-electron chi connectivity index (χ4n) is 0.961. The summed E-state index contributed by atoms with van der Waals surface area (Å²) in [7, 11) is 0. The van der Waals surface area contributed by atoms with E-state index in [0.29, 0.717) is 5.92 Å². The highest BCUT2D eigenvalue weighted by Crippen LogP contribution is 2.01. The molecule has 0 aliphatic carbocycles. The Balaban J connectivity index is 3.81. The van der Waals surface area contributed by atoms with Gasteiger partial charge >= 0.3 is 0 Å². The Hall–Kier alpha value is -1.50. The highest BCUT2D eigenvalue weighted by atomic mass is 14.8. The van der Waals surface area contributed by atoms with Gasteiger partial charge in [0.2, 0.25) is 0 Å². The summed E-state index contributed by atoms with van der Waals surface area (Å²) in [4.78, 5) is 0. The summed E-state index contributed by atoms with van der Waals surface area (Å²) >= 11 is 0. The smallest absolute Gasteiger partial charge is 0.0303 e. The Bertz CT molecular complexity index is 303. The molecule has 0 heterocycles. The Morgan fingerprint density at radius 3 is 2.44 bits per heavy atom. The van der Waals surface area contributed by atoms with Gasteiger partial charge < -0.3 is 5.32 Å². The first-order chi connectivity index (χ1) is 7.52. The lowest BCUT2D eigenvalue weighted by atomic mass is 10.1. The molecule has 1 nitrogen and oxygen atoms in total. The third-order valence-corrected chi connectivity index (χ3v) is 1.78. The lowest BCUT2D eigenvalue weighted by molar-refractivity contribution is 0.663. The van der Waals surface area contributed by atoms with E-state index in [1.54, 1.807) is 0 Å². The molecule has 0 unspecified atom stereocenters. The van der Waals surface area contributed by atoms with Crippen LogP contribution in [0.15, 0.2) is 61.0 Å². The molecule has 0 rings (SSSR count). The Kier molecular flexibility index (Phi) is 7.96. The maximum atomic E-state index is 3.89. The summed E-state index contributed by atoms with van der Waals surface area (Å²) in [6.45, 7) is 14.0. The van der Waals surface area contributed by atoms with Gasteiger partial charge in [0.15, 0.2) is 0 Å². The quantitative estimate of drug-likeness (QED) is 0.626. The SMILES string of the molecule is C=C(C)/C=C\C=C\NC(=C)/C=C\CC(C)C. The van der Waals surface area contributed by atoms with Crippen LogP contribution >= 0.6 is 0 Å². The zero-order chi connectivity index (χ0) is 12.4. The molecule has 0 saturated carbocycles. The fraction of sp³-hybridized carbons (Fsp3) is 0.333. The molecule has 0 aromatic heterocycles. The molecule has 0 amide bonds. The summed E-state index contributed by atoms with van der Waals surface area (Å²) in [5, 5.41) is 3.09. The van der Waals surface area contributed by atoms with Crippen LogP contribution in [-0.2, 0) is 0 Å². The van der Waals surface area contributed by atoms with Crippen LogP contribution in [0.5, 0.6) is 0 Å². The summed E-state index contributed by atoms with van der Waals surface area (Å²) in [6, 6.07) is 0. The van der Waals surface area contributed by atoms with Gasteiger partial charge in [-0.25, -0.2) is 0 Å². The normalized spacial score (nSPS) is 12.0. The van der Waals surface area contributed by atoms with E-state index in [0.717, 1.165) is 17.7 Å². The van der Waals surface area contributed by atoms with Gasteiger partial charge in [-0.2, -0.15) is 0 Å². The molecule has 0 aliphatic rings. The van der Waals surface area contributed by atoms with E-state index in [2.05, 4.69) is 38.4 Å². The molecule has 0 radical (unpaired) electrons. The molecular formula is C15H23N. The average Bonchev–Trinajstić information content (AvgIpc) is 2.16. The molecule has 0 aromatic rings. The lowest BCUT2D eigenvalue weighted by Gasteiger charge is -1.99. The van der Waals surface area contributed by atoms with Crippen LogP contribution in [0.2, 0.25) is 0 Å². The van der Waals surface area contributed by atoms with Crippen molar-refractivity contribution in [1.29, 1.82) is 0 Å². The molecule has 88 valence electrons. The number of hydrogen-bond donors (Lipinski definition) is 1. The van der Waals surface area contributed by atoms with Gasteiger partial charge in [-0.3, -0.25) is 0 Å². The van der Waals surface area contributed by atoms with Gasteiger partial charge in [-0.15, -0.1) is 0 Å². The highest BCUT2D eigenvalue weighted by molar-refractivity contribution is 5.19. The van der Waals surface area contributed by atoms with E-state index in [4.69, 9.17) is 0 Å². The molecule has 0 spiro atoms. The van der Waals surface area contributed by atoms with Crippen LogP contribution in [0.25, 0.3) is 0 Å². The zero-order valence-electron chi connectivity index (χ0n) is 10.7. The lowest BCUT2D eigenvalue weighted by Crippen LogP contribution is -1.99. The van der Waals surface area contributed by atoms with E-state index in [1.165, 1.54) is 0 Å². The summed E-state index contributed by atoms with van der Waals surface area (Å²) in [5.41, 5.74) is 1.95. The monoisotopic (exact) mass is 217 g/mol. The van der Waals surface area contributed by atoms with Crippen molar-refractivity contribution in [3.05, 3.63) is 61.0 Å². The summed E-state index contributed by atoms with van der Waals surface area (Å²) in [5.74, 6) is 0.693. The van der Waals surface area contributed by atoms with Crippen molar-refractivity contribution in [3.8, 4) is 0 Å². The minimum atomic E-state index is 0.693. The summed E-state index contributed by atoms with van der Waals surface area (Å²) in [6.07, 6.45) is 12.9. The van der Waals surface area contributed by atoms with Crippen molar-refractivity contribution in [1.82, 2.24) is 5.32 Å². The van der Waals surface area contributed by atoms with E-state index >= 15 is 0 Å². The van der Waals surface area contributed by atoms with Gasteiger partial charge in [-0.05, 0) is 31.4 Å². The molecule has 0 fully saturated rings. The molecular weight excluding hydrogens is 194 g/mol. The van der Waals surface area contributed by atoms with Crippen molar-refractivity contribution in [2.75, 3.05) is 0 Å². The van der Waals surface area contributed by atoms with Crippen LogP contribution in [-0.4, -0.2) is 0 Å². The fourth-order valence-corrected chi connectivity index (χ4v) is 0.961. The maximum absolute atomic E-state index is 3.89. The number of hydrogen-bond acceptors (Lipinski definition) is 1. The first-order valence-electron chi connectivity index (χ1n) is 5.63. The van der Waals surface area contributed by atoms with Crippen molar-refractivity contribution >= 4 is 0 Å². The average molecular weight is 217 g/mol. The zero-order valence-corrected chi connectivity index (χ0v) is 10.7. The largest absolute Gasteiger partial charge is 0.362 e. The molecule has 0 saturated heterocycles. The Morgan fingerprint density at radius 1 is 1.19 bits per heavy atom.